The summed E-state index contributed by atoms with van der Waals surface area (Å²) in [4.78, 5) is 0. The van der Waals surface area contributed by atoms with Gasteiger partial charge in [0.05, 0.1) is 21.7 Å². The van der Waals surface area contributed by atoms with Crippen LogP contribution in [0.25, 0.3) is 0 Å². The van der Waals surface area contributed by atoms with Gasteiger partial charge in [0, 0.05) is 6.42 Å². The first-order chi connectivity index (χ1) is 9.39. The molecule has 0 aliphatic rings. The molecule has 0 aromatic heterocycles. The Morgan fingerprint density at radius 1 is 1.00 bits per heavy atom. The highest BCUT2D eigenvalue weighted by Crippen LogP contribution is 2.30. The summed E-state index contributed by atoms with van der Waals surface area (Å²) >= 11 is 0. The van der Waals surface area contributed by atoms with Crippen LogP contribution in [0.1, 0.15) is 39.5 Å². The fourth-order valence-corrected chi connectivity index (χ4v) is 4.99. The van der Waals surface area contributed by atoms with Crippen molar-refractivity contribution in [3.8, 4) is 0 Å². The van der Waals surface area contributed by atoms with Gasteiger partial charge in [-0.25, -0.2) is 0 Å². The van der Waals surface area contributed by atoms with E-state index in [0.717, 1.165) is 25.7 Å². The van der Waals surface area contributed by atoms with E-state index in [1.165, 1.54) is 10.4 Å². The van der Waals surface area contributed by atoms with Crippen LogP contribution in [0.3, 0.4) is 0 Å². The van der Waals surface area contributed by atoms with E-state index in [-0.39, 0.29) is 0 Å². The molecule has 0 aliphatic heterocycles. The molecule has 0 fully saturated rings. The second-order valence-corrected chi connectivity index (χ2v) is 18.4. The minimum atomic E-state index is -1.49. The standard InChI is InChI=1S/C18H36OSi2/c1-10-13-16(20(4,5)6)14-17(21(7,8)9)15-18(19,11-2)12-3/h10,19H,1,11-13,15H2,2-9H3. The summed E-state index contributed by atoms with van der Waals surface area (Å²) in [5, 5.41) is 13.6. The summed E-state index contributed by atoms with van der Waals surface area (Å²) in [5.74, 6) is 0. The van der Waals surface area contributed by atoms with Crippen molar-refractivity contribution in [2.24, 2.45) is 0 Å². The normalized spacial score (nSPS) is 12.8. The predicted octanol–water partition coefficient (Wildman–Crippen LogP) is 5.71. The average molecular weight is 325 g/mol. The highest BCUT2D eigenvalue weighted by molar-refractivity contribution is 6.84. The number of aliphatic hydroxyl groups is 1. The van der Waals surface area contributed by atoms with Gasteiger partial charge >= 0.3 is 0 Å². The highest BCUT2D eigenvalue weighted by Gasteiger charge is 2.30. The Hall–Kier alpha value is -0.346. The van der Waals surface area contributed by atoms with Crippen LogP contribution < -0.4 is 0 Å². The zero-order valence-electron chi connectivity index (χ0n) is 15.6. The van der Waals surface area contributed by atoms with Crippen LogP contribution in [0, 0.1) is 0 Å². The molecule has 0 saturated carbocycles. The van der Waals surface area contributed by atoms with E-state index in [9.17, 15) is 5.11 Å². The van der Waals surface area contributed by atoms with E-state index in [0.29, 0.717) is 0 Å². The van der Waals surface area contributed by atoms with Gasteiger partial charge in [-0.05, 0) is 29.7 Å². The molecule has 0 saturated heterocycles. The molecule has 0 spiro atoms. The molecule has 122 valence electrons. The molecule has 0 atom stereocenters. The van der Waals surface area contributed by atoms with E-state index in [1.54, 1.807) is 0 Å². The Morgan fingerprint density at radius 2 is 1.43 bits per heavy atom. The molecule has 1 N–H and O–H groups in total. The lowest BCUT2D eigenvalue weighted by atomic mass is 9.93. The number of hydrogen-bond donors (Lipinski definition) is 1. The van der Waals surface area contributed by atoms with Gasteiger partial charge in [-0.3, -0.25) is 0 Å². The predicted molar refractivity (Wildman–Crippen MR) is 102 cm³/mol. The van der Waals surface area contributed by atoms with E-state index in [2.05, 4.69) is 65.4 Å². The van der Waals surface area contributed by atoms with Gasteiger partial charge in [0.15, 0.2) is 0 Å². The molecule has 0 rings (SSSR count). The highest BCUT2D eigenvalue weighted by atomic mass is 28.3. The minimum absolute atomic E-state index is 0.568. The first-order valence-corrected chi connectivity index (χ1v) is 15.2. The summed E-state index contributed by atoms with van der Waals surface area (Å²) < 4.78 is 0. The number of rotatable bonds is 8. The van der Waals surface area contributed by atoms with Gasteiger partial charge in [-0.2, -0.15) is 0 Å². The Kier molecular flexibility index (Phi) is 7.65. The first-order valence-electron chi connectivity index (χ1n) is 8.22. The number of allylic oxidation sites excluding steroid dienone is 1. The van der Waals surface area contributed by atoms with Gasteiger partial charge in [-0.15, -0.1) is 12.3 Å². The Morgan fingerprint density at radius 3 is 1.71 bits per heavy atom. The summed E-state index contributed by atoms with van der Waals surface area (Å²) in [7, 11) is -2.88. The molecule has 0 aromatic carbocycles. The van der Waals surface area contributed by atoms with E-state index < -0.39 is 21.7 Å². The molecule has 1 nitrogen and oxygen atoms in total. The number of hydrogen-bond acceptors (Lipinski definition) is 1. The van der Waals surface area contributed by atoms with Crippen molar-refractivity contribution >= 4 is 16.1 Å². The maximum atomic E-state index is 10.8. The Labute approximate surface area is 134 Å². The molecule has 21 heavy (non-hydrogen) atoms. The zero-order chi connectivity index (χ0) is 16.9. The van der Waals surface area contributed by atoms with Crippen molar-refractivity contribution in [3.05, 3.63) is 28.8 Å². The smallest absolute Gasteiger partial charge is 0.0827 e. The van der Waals surface area contributed by atoms with Crippen molar-refractivity contribution in [2.45, 2.75) is 84.4 Å². The van der Waals surface area contributed by atoms with Gasteiger partial charge in [-0.1, -0.05) is 59.2 Å². The van der Waals surface area contributed by atoms with Gasteiger partial charge in [0.25, 0.3) is 0 Å². The first kappa shape index (κ1) is 20.7. The van der Waals surface area contributed by atoms with E-state index in [1.807, 2.05) is 6.08 Å². The molecule has 0 bridgehead atoms. The topological polar surface area (TPSA) is 20.2 Å². The third-order valence-corrected chi connectivity index (χ3v) is 8.54. The van der Waals surface area contributed by atoms with Crippen molar-refractivity contribution in [3.63, 3.8) is 0 Å². The summed E-state index contributed by atoms with van der Waals surface area (Å²) in [6.07, 6.45) is 5.32. The summed E-state index contributed by atoms with van der Waals surface area (Å²) in [6, 6.07) is 0. The third-order valence-electron chi connectivity index (χ3n) is 4.28. The van der Waals surface area contributed by atoms with Crippen LogP contribution in [0.4, 0.5) is 0 Å². The third kappa shape index (κ3) is 6.97. The molecule has 3 heteroatoms. The molecular formula is C18H36OSi2. The molecule has 0 aromatic rings. The van der Waals surface area contributed by atoms with Gasteiger partial charge in [0.2, 0.25) is 0 Å². The van der Waals surface area contributed by atoms with Crippen molar-refractivity contribution in [1.82, 2.24) is 0 Å². The largest absolute Gasteiger partial charge is 0.390 e. The fraction of sp³-hybridized carbons (Fsp3) is 0.722. The van der Waals surface area contributed by atoms with Gasteiger partial charge in [0.1, 0.15) is 0 Å². The zero-order valence-corrected chi connectivity index (χ0v) is 17.6. The molecular weight excluding hydrogens is 288 g/mol. The lowest BCUT2D eigenvalue weighted by molar-refractivity contribution is 0.0340. The summed E-state index contributed by atoms with van der Waals surface area (Å²) in [6.45, 7) is 22.2. The van der Waals surface area contributed by atoms with Crippen LogP contribution in [-0.2, 0) is 0 Å². The SMILES string of the molecule is C=CCC(=C=C(CC(O)(CC)CC)[Si](C)(C)C)[Si](C)(C)C. The summed E-state index contributed by atoms with van der Waals surface area (Å²) in [5.41, 5.74) is 3.22. The van der Waals surface area contributed by atoms with Crippen LogP contribution in [0.2, 0.25) is 39.3 Å². The fourth-order valence-electron chi connectivity index (χ4n) is 2.20. The van der Waals surface area contributed by atoms with Crippen LogP contribution >= 0.6 is 0 Å². The average Bonchev–Trinajstić information content (AvgIpc) is 2.34. The molecule has 0 unspecified atom stereocenters. The van der Waals surface area contributed by atoms with Crippen LogP contribution in [-0.4, -0.2) is 26.9 Å². The lowest BCUT2D eigenvalue weighted by Gasteiger charge is -2.31. The Balaban J connectivity index is 6.02. The molecule has 0 amide bonds. The molecule has 0 aliphatic carbocycles. The quantitative estimate of drug-likeness (QED) is 0.344. The van der Waals surface area contributed by atoms with Crippen LogP contribution in [0.15, 0.2) is 28.8 Å². The van der Waals surface area contributed by atoms with Crippen molar-refractivity contribution in [1.29, 1.82) is 0 Å². The molecule has 0 heterocycles. The Bertz CT molecular complexity index is 411. The minimum Gasteiger partial charge on any atom is -0.390 e. The lowest BCUT2D eigenvalue weighted by Crippen LogP contribution is -2.34. The van der Waals surface area contributed by atoms with Crippen molar-refractivity contribution < 1.29 is 5.11 Å². The van der Waals surface area contributed by atoms with E-state index in [4.69, 9.17) is 0 Å². The second-order valence-electron chi connectivity index (χ2n) is 8.18. The van der Waals surface area contributed by atoms with E-state index >= 15 is 0 Å². The monoisotopic (exact) mass is 324 g/mol. The maximum Gasteiger partial charge on any atom is 0.0827 e. The van der Waals surface area contributed by atoms with Crippen molar-refractivity contribution in [2.75, 3.05) is 0 Å². The molecule has 0 radical (unpaired) electrons. The van der Waals surface area contributed by atoms with Crippen LogP contribution in [0.5, 0.6) is 0 Å². The van der Waals surface area contributed by atoms with Gasteiger partial charge < -0.3 is 5.11 Å². The second kappa shape index (κ2) is 7.78. The maximum absolute atomic E-state index is 10.8.